The number of hydrogen-bond acceptors (Lipinski definition) is 5. The quantitative estimate of drug-likeness (QED) is 0.552. The Balaban J connectivity index is 1.45. The molecule has 170 valence electrons. The molecular formula is C25H21F3N2O3. The van der Waals surface area contributed by atoms with E-state index in [-0.39, 0.29) is 12.2 Å². The Hall–Kier alpha value is -3.42. The first kappa shape index (κ1) is 20.2. The number of pyridine rings is 1. The van der Waals surface area contributed by atoms with Crippen molar-refractivity contribution in [3.05, 3.63) is 76.6 Å². The van der Waals surface area contributed by atoms with Crippen LogP contribution in [-0.4, -0.2) is 31.3 Å². The van der Waals surface area contributed by atoms with Crippen molar-refractivity contribution in [3.8, 4) is 17.2 Å². The number of nitrogens with zero attached hydrogens (tertiary/aromatic N) is 2. The summed E-state index contributed by atoms with van der Waals surface area (Å²) >= 11 is 0. The van der Waals surface area contributed by atoms with E-state index in [0.717, 1.165) is 34.2 Å². The molecule has 0 N–H and O–H groups in total. The highest BCUT2D eigenvalue weighted by Crippen LogP contribution is 2.54. The number of fused-ring (bicyclic) bond motifs is 5. The van der Waals surface area contributed by atoms with Crippen LogP contribution in [0, 0.1) is 6.92 Å². The van der Waals surface area contributed by atoms with Gasteiger partial charge in [-0.25, -0.2) is 0 Å². The number of ether oxygens (including phenoxy) is 3. The van der Waals surface area contributed by atoms with Crippen LogP contribution >= 0.6 is 0 Å². The monoisotopic (exact) mass is 454 g/mol. The van der Waals surface area contributed by atoms with Crippen LogP contribution in [0.2, 0.25) is 0 Å². The minimum atomic E-state index is -4.46. The Bertz CT molecular complexity index is 1260. The van der Waals surface area contributed by atoms with Crippen LogP contribution in [0.5, 0.6) is 17.2 Å². The highest BCUT2D eigenvalue weighted by atomic mass is 19.4. The van der Waals surface area contributed by atoms with Crippen LogP contribution < -0.4 is 19.1 Å². The molecule has 1 atom stereocenters. The summed E-state index contributed by atoms with van der Waals surface area (Å²) in [6.45, 7) is 3.89. The van der Waals surface area contributed by atoms with Crippen LogP contribution in [0.3, 0.4) is 0 Å². The lowest BCUT2D eigenvalue weighted by molar-refractivity contribution is -0.138. The number of halogens is 3. The summed E-state index contributed by atoms with van der Waals surface area (Å²) in [7, 11) is 0. The van der Waals surface area contributed by atoms with Gasteiger partial charge in [0.15, 0.2) is 11.5 Å². The lowest BCUT2D eigenvalue weighted by Gasteiger charge is -2.26. The van der Waals surface area contributed by atoms with Crippen molar-refractivity contribution in [2.24, 2.45) is 0 Å². The van der Waals surface area contributed by atoms with E-state index in [4.69, 9.17) is 14.2 Å². The van der Waals surface area contributed by atoms with Gasteiger partial charge in [-0.2, -0.15) is 13.2 Å². The first-order chi connectivity index (χ1) is 15.8. The highest BCUT2D eigenvalue weighted by molar-refractivity contribution is 5.71. The van der Waals surface area contributed by atoms with E-state index in [0.29, 0.717) is 37.9 Å². The lowest BCUT2D eigenvalue weighted by Crippen LogP contribution is -2.36. The fourth-order valence-electron chi connectivity index (χ4n) is 5.14. The van der Waals surface area contributed by atoms with Crippen molar-refractivity contribution in [2.45, 2.75) is 25.1 Å². The molecule has 0 fully saturated rings. The third-order valence-corrected chi connectivity index (χ3v) is 6.64. The zero-order valence-electron chi connectivity index (χ0n) is 17.9. The molecule has 0 aliphatic carbocycles. The van der Waals surface area contributed by atoms with Crippen molar-refractivity contribution in [3.63, 3.8) is 0 Å². The molecule has 4 heterocycles. The highest BCUT2D eigenvalue weighted by Gasteiger charge is 2.51. The molecule has 1 spiro atoms. The molecule has 1 unspecified atom stereocenters. The molecule has 1 aromatic heterocycles. The lowest BCUT2D eigenvalue weighted by atomic mass is 9.77. The number of aromatic nitrogens is 1. The summed E-state index contributed by atoms with van der Waals surface area (Å²) in [6, 6.07) is 12.3. The van der Waals surface area contributed by atoms with Crippen LogP contribution in [0.15, 0.2) is 48.7 Å². The van der Waals surface area contributed by atoms with Gasteiger partial charge >= 0.3 is 6.18 Å². The van der Waals surface area contributed by atoms with Crippen LogP contribution in [0.1, 0.15) is 27.9 Å². The number of alkyl halides is 3. The number of anilines is 1. The van der Waals surface area contributed by atoms with Gasteiger partial charge in [-0.05, 0) is 36.8 Å². The number of benzene rings is 2. The topological polar surface area (TPSA) is 43.8 Å². The average molecular weight is 454 g/mol. The molecule has 2 aromatic carbocycles. The third kappa shape index (κ3) is 3.11. The van der Waals surface area contributed by atoms with Crippen LogP contribution in [0.25, 0.3) is 0 Å². The van der Waals surface area contributed by atoms with Crippen molar-refractivity contribution in [1.29, 1.82) is 0 Å². The first-order valence-corrected chi connectivity index (χ1v) is 10.8. The Labute approximate surface area is 188 Å². The smallest absolute Gasteiger partial charge is 0.418 e. The minimum Gasteiger partial charge on any atom is -0.492 e. The third-order valence-electron chi connectivity index (χ3n) is 6.64. The van der Waals surface area contributed by atoms with Crippen LogP contribution in [-0.2, 0) is 18.1 Å². The Morgan fingerprint density at radius 1 is 0.970 bits per heavy atom. The Kier molecular flexibility index (Phi) is 4.31. The molecule has 0 radical (unpaired) electrons. The Morgan fingerprint density at radius 2 is 1.76 bits per heavy atom. The molecule has 0 bridgehead atoms. The van der Waals surface area contributed by atoms with E-state index in [1.807, 2.05) is 36.1 Å². The summed E-state index contributed by atoms with van der Waals surface area (Å²) in [5.74, 6) is 2.05. The fraction of sp³-hybridized carbons (Fsp3) is 0.320. The summed E-state index contributed by atoms with van der Waals surface area (Å²) in [5.41, 5.74) is 2.78. The number of aryl methyl sites for hydroxylation is 1. The van der Waals surface area contributed by atoms with Gasteiger partial charge in [-0.3, -0.25) is 4.98 Å². The Morgan fingerprint density at radius 3 is 2.55 bits per heavy atom. The van der Waals surface area contributed by atoms with Crippen molar-refractivity contribution < 1.29 is 27.4 Å². The number of rotatable bonds is 2. The normalized spacial score (nSPS) is 20.5. The average Bonchev–Trinajstić information content (AvgIpc) is 3.30. The van der Waals surface area contributed by atoms with E-state index >= 15 is 0 Å². The SMILES string of the molecule is Cc1ccc2c(c1)C1(COc3cc4c(cc31)OCCO4)CN2Cc1ncccc1C(F)(F)F. The van der Waals surface area contributed by atoms with Gasteiger partial charge in [-0.1, -0.05) is 17.7 Å². The van der Waals surface area contributed by atoms with Gasteiger partial charge in [0.25, 0.3) is 0 Å². The van der Waals surface area contributed by atoms with E-state index in [1.54, 1.807) is 0 Å². The summed E-state index contributed by atoms with van der Waals surface area (Å²) in [6.07, 6.45) is -3.05. The summed E-state index contributed by atoms with van der Waals surface area (Å²) in [5, 5.41) is 0. The van der Waals surface area contributed by atoms with Gasteiger partial charge in [0.1, 0.15) is 25.6 Å². The summed E-state index contributed by atoms with van der Waals surface area (Å²) in [4.78, 5) is 6.06. The molecule has 3 aromatic rings. The molecule has 0 amide bonds. The second-order valence-electron chi connectivity index (χ2n) is 8.73. The predicted molar refractivity (Wildman–Crippen MR) is 115 cm³/mol. The number of hydrogen-bond donors (Lipinski definition) is 0. The molecule has 0 saturated heterocycles. The standard InChI is InChI=1S/C25H21F3N2O3/c1-15-4-5-20-17(9-15)24(13-30(20)12-19-16(25(26,27)28)3-2-6-29-19)14-33-21-11-23-22(10-18(21)24)31-7-8-32-23/h2-6,9-11H,7-8,12-14H2,1H3. The molecule has 8 heteroatoms. The van der Waals surface area contributed by atoms with Crippen molar-refractivity contribution >= 4 is 5.69 Å². The molecule has 5 nitrogen and oxygen atoms in total. The van der Waals surface area contributed by atoms with Gasteiger partial charge in [-0.15, -0.1) is 0 Å². The van der Waals surface area contributed by atoms with E-state index in [1.165, 1.54) is 12.3 Å². The van der Waals surface area contributed by atoms with Gasteiger partial charge in [0, 0.05) is 30.1 Å². The molecule has 3 aliphatic rings. The van der Waals surface area contributed by atoms with Gasteiger partial charge < -0.3 is 19.1 Å². The van der Waals surface area contributed by atoms with Gasteiger partial charge in [0.05, 0.1) is 23.2 Å². The molecular weight excluding hydrogens is 433 g/mol. The largest absolute Gasteiger partial charge is 0.492 e. The predicted octanol–water partition coefficient (Wildman–Crippen LogP) is 4.88. The molecule has 33 heavy (non-hydrogen) atoms. The minimum absolute atomic E-state index is 0.00916. The first-order valence-electron chi connectivity index (χ1n) is 10.8. The van der Waals surface area contributed by atoms with Gasteiger partial charge in [0.2, 0.25) is 0 Å². The molecule has 6 rings (SSSR count). The van der Waals surface area contributed by atoms with Crippen molar-refractivity contribution in [2.75, 3.05) is 31.3 Å². The zero-order chi connectivity index (χ0) is 22.8. The maximum atomic E-state index is 13.6. The zero-order valence-corrected chi connectivity index (χ0v) is 17.9. The molecule has 3 aliphatic heterocycles. The maximum absolute atomic E-state index is 13.6. The fourth-order valence-corrected chi connectivity index (χ4v) is 5.14. The molecule has 0 saturated carbocycles. The maximum Gasteiger partial charge on any atom is 0.418 e. The van der Waals surface area contributed by atoms with E-state index in [9.17, 15) is 13.2 Å². The van der Waals surface area contributed by atoms with Crippen LogP contribution in [0.4, 0.5) is 18.9 Å². The second kappa shape index (κ2) is 7.04. The van der Waals surface area contributed by atoms with E-state index in [2.05, 4.69) is 11.1 Å². The van der Waals surface area contributed by atoms with E-state index < -0.39 is 17.2 Å². The van der Waals surface area contributed by atoms with Crippen molar-refractivity contribution in [1.82, 2.24) is 4.98 Å². The second-order valence-corrected chi connectivity index (χ2v) is 8.73. The summed E-state index contributed by atoms with van der Waals surface area (Å²) < 4.78 is 58.5.